The Morgan fingerprint density at radius 1 is 0.338 bits per heavy atom. The molecule has 0 bridgehead atoms. The van der Waals surface area contributed by atoms with E-state index in [1.807, 2.05) is 54.6 Å². The fourth-order valence-electron chi connectivity index (χ4n) is 9.48. The lowest BCUT2D eigenvalue weighted by Gasteiger charge is -2.24. The third kappa shape index (κ3) is 28.0. The van der Waals surface area contributed by atoms with Crippen molar-refractivity contribution < 1.29 is 28.4 Å². The topological polar surface area (TPSA) is 130 Å². The van der Waals surface area contributed by atoms with Crippen LogP contribution in [0.1, 0.15) is 237 Å². The summed E-state index contributed by atoms with van der Waals surface area (Å²) in [5.74, 6) is 9.11. The predicted octanol–water partition coefficient (Wildman–Crippen LogP) is 20.4. The number of hydrogen-bond acceptors (Lipinski definition) is 12. The molecule has 1 heterocycles. The Hall–Kier alpha value is -5.13. The summed E-state index contributed by atoms with van der Waals surface area (Å²) in [5, 5.41) is 10.5. The first-order valence-electron chi connectivity index (χ1n) is 32.0. The Kier molecular flexibility index (Phi) is 34.5. The Labute approximate surface area is 487 Å². The highest BCUT2D eigenvalue weighted by molar-refractivity contribution is 5.66. The number of benzene rings is 3. The molecule has 0 aliphatic rings. The van der Waals surface area contributed by atoms with Gasteiger partial charge < -0.3 is 50.3 Å². The van der Waals surface area contributed by atoms with E-state index in [0.29, 0.717) is 98.4 Å². The van der Waals surface area contributed by atoms with Gasteiger partial charge in [0.05, 0.1) is 39.6 Å². The van der Waals surface area contributed by atoms with E-state index in [-0.39, 0.29) is 0 Å². The maximum atomic E-state index is 6.56. The molecule has 0 amide bonds. The summed E-state index contributed by atoms with van der Waals surface area (Å²) >= 11 is 0. The first-order valence-corrected chi connectivity index (χ1v) is 32.0. The highest BCUT2D eigenvalue weighted by atomic mass is 16.5. The summed E-state index contributed by atoms with van der Waals surface area (Å²) in [4.78, 5) is 14.9. The monoisotopic (exact) mass is 1110 g/mol. The first kappa shape index (κ1) is 67.4. The average molecular weight is 1110 g/mol. The molecule has 4 atom stereocenters. The van der Waals surface area contributed by atoms with E-state index in [9.17, 15) is 0 Å². The standard InChI is InChI=1S/C68H111N6O6/c1-12-18-24-25-26-43-75-63-49-57(32-35-60(63)76-44-38-52(7)27-19-13-2)69-66-72-67(70-58-33-36-61(77-45-39-53(8)28-20-14-3)64(50-58)79-47-41-55(10)30-22-16-5)74-68(73-66)71-59-34-37-62(78-46-40-54(9)29-21-15-4)65(51-59)80-48-42-56(11)31-23-17-6/h32-37,49-53,55-56H,12-31,38-48H2,1-11H3,(H3,69,70,71,72,73,74)/q-1. The van der Waals surface area contributed by atoms with Crippen LogP contribution >= 0.6 is 0 Å². The van der Waals surface area contributed by atoms with Gasteiger partial charge in [-0.25, -0.2) is 0 Å². The van der Waals surface area contributed by atoms with Crippen LogP contribution in [-0.2, 0) is 0 Å². The molecule has 4 rings (SSSR count). The van der Waals surface area contributed by atoms with Gasteiger partial charge in [0, 0.05) is 35.3 Å². The molecule has 1 aromatic heterocycles. The van der Waals surface area contributed by atoms with Crippen LogP contribution in [0.25, 0.3) is 0 Å². The SMILES string of the molecule is CCCCCCCOc1cc(Nc2nc(Nc3ccc(OCC[C-](C)CCCC)c(OCCC(C)CCCC)c3)nc(Nc3ccc(OCCC(C)CCCC)c(OCCC(C)CCCC)c3)n2)ccc1OCCC(C)CCCC. The number of unbranched alkanes of at least 4 members (excludes halogenated alkanes) is 9. The lowest BCUT2D eigenvalue weighted by atomic mass is 10.0. The van der Waals surface area contributed by atoms with Crippen LogP contribution in [0.5, 0.6) is 34.5 Å². The summed E-state index contributed by atoms with van der Waals surface area (Å²) in [6, 6.07) is 18.0. The normalized spacial score (nSPS) is 12.9. The van der Waals surface area contributed by atoms with Gasteiger partial charge in [-0.2, -0.15) is 28.3 Å². The fraction of sp³-hybridized carbons (Fsp3) is 0.676. The lowest BCUT2D eigenvalue weighted by Crippen LogP contribution is -2.10. The van der Waals surface area contributed by atoms with E-state index >= 15 is 0 Å². The third-order valence-electron chi connectivity index (χ3n) is 15.2. The molecule has 4 unspecified atom stereocenters. The highest BCUT2D eigenvalue weighted by Crippen LogP contribution is 2.37. The zero-order valence-corrected chi connectivity index (χ0v) is 52.2. The highest BCUT2D eigenvalue weighted by Gasteiger charge is 2.17. The molecule has 0 aliphatic carbocycles. The van der Waals surface area contributed by atoms with E-state index < -0.39 is 0 Å². The van der Waals surface area contributed by atoms with Crippen LogP contribution in [0, 0.1) is 29.6 Å². The third-order valence-corrected chi connectivity index (χ3v) is 15.2. The van der Waals surface area contributed by atoms with Crippen LogP contribution in [0.4, 0.5) is 34.9 Å². The number of ether oxygens (including phenoxy) is 6. The van der Waals surface area contributed by atoms with E-state index in [2.05, 4.69) is 92.1 Å². The van der Waals surface area contributed by atoms with Crippen molar-refractivity contribution >= 4 is 34.9 Å². The summed E-state index contributed by atoms with van der Waals surface area (Å²) < 4.78 is 38.9. The summed E-state index contributed by atoms with van der Waals surface area (Å²) in [5.41, 5.74) is 2.28. The fourth-order valence-corrected chi connectivity index (χ4v) is 9.48. The molecule has 0 fully saturated rings. The predicted molar refractivity (Wildman–Crippen MR) is 337 cm³/mol. The molecule has 0 spiro atoms. The van der Waals surface area contributed by atoms with E-state index in [4.69, 9.17) is 43.4 Å². The molecule has 3 aromatic carbocycles. The molecule has 0 radical (unpaired) electrons. The molecule has 0 saturated carbocycles. The zero-order chi connectivity index (χ0) is 57.6. The maximum Gasteiger partial charge on any atom is 0.233 e. The minimum atomic E-state index is 0.342. The van der Waals surface area contributed by atoms with Crippen molar-refractivity contribution in [2.45, 2.75) is 237 Å². The van der Waals surface area contributed by atoms with Crippen molar-refractivity contribution in [1.82, 2.24) is 15.0 Å². The molecule has 12 nitrogen and oxygen atoms in total. The Morgan fingerprint density at radius 3 is 1.00 bits per heavy atom. The van der Waals surface area contributed by atoms with Gasteiger partial charge in [-0.15, -0.1) is 6.42 Å². The van der Waals surface area contributed by atoms with Gasteiger partial charge in [0.2, 0.25) is 17.8 Å². The van der Waals surface area contributed by atoms with Crippen molar-refractivity contribution in [3.63, 3.8) is 0 Å². The zero-order valence-electron chi connectivity index (χ0n) is 52.2. The molecule has 0 saturated heterocycles. The molecule has 0 aliphatic heterocycles. The number of nitrogens with one attached hydrogen (secondary N) is 3. The maximum absolute atomic E-state index is 6.56. The van der Waals surface area contributed by atoms with Crippen LogP contribution in [0.2, 0.25) is 0 Å². The summed E-state index contributed by atoms with van der Waals surface area (Å²) in [6.45, 7) is 28.6. The number of anilines is 6. The minimum absolute atomic E-state index is 0.342. The quantitative estimate of drug-likeness (QED) is 0.0288. The molecule has 450 valence electrons. The van der Waals surface area contributed by atoms with Gasteiger partial charge in [-0.3, -0.25) is 0 Å². The second-order valence-electron chi connectivity index (χ2n) is 23.1. The van der Waals surface area contributed by atoms with E-state index in [0.717, 1.165) is 85.7 Å². The largest absolute Gasteiger partial charge is 0.492 e. The smallest absolute Gasteiger partial charge is 0.233 e. The Bertz CT molecular complexity index is 2120. The van der Waals surface area contributed by atoms with Crippen molar-refractivity contribution in [2.75, 3.05) is 55.6 Å². The molecule has 3 N–H and O–H groups in total. The number of rotatable bonds is 48. The second kappa shape index (κ2) is 41.0. The first-order chi connectivity index (χ1) is 39.0. The van der Waals surface area contributed by atoms with Crippen molar-refractivity contribution in [1.29, 1.82) is 0 Å². The van der Waals surface area contributed by atoms with Gasteiger partial charge in [0.1, 0.15) is 0 Å². The molecular formula is C68H111N6O6-. The van der Waals surface area contributed by atoms with Crippen LogP contribution in [-0.4, -0.2) is 54.6 Å². The van der Waals surface area contributed by atoms with Gasteiger partial charge in [-0.1, -0.05) is 185 Å². The number of nitrogens with zero attached hydrogens (tertiary/aromatic N) is 3. The van der Waals surface area contributed by atoms with Gasteiger partial charge in [0.15, 0.2) is 34.5 Å². The Morgan fingerprint density at radius 2 is 0.650 bits per heavy atom. The molecule has 12 heteroatoms. The van der Waals surface area contributed by atoms with Crippen molar-refractivity contribution in [3.05, 3.63) is 60.5 Å². The molecular weight excluding hydrogens is 997 g/mol. The number of aromatic nitrogens is 3. The lowest BCUT2D eigenvalue weighted by molar-refractivity contribution is 0.238. The number of hydrogen-bond donors (Lipinski definition) is 3. The average Bonchev–Trinajstić information content (AvgIpc) is 3.44. The van der Waals surface area contributed by atoms with Gasteiger partial charge in [-0.05, 0) is 92.2 Å². The Balaban J connectivity index is 1.72. The van der Waals surface area contributed by atoms with Gasteiger partial charge in [0.25, 0.3) is 0 Å². The van der Waals surface area contributed by atoms with Crippen LogP contribution in [0.3, 0.4) is 0 Å². The van der Waals surface area contributed by atoms with Crippen molar-refractivity contribution in [2.24, 2.45) is 23.7 Å². The van der Waals surface area contributed by atoms with Gasteiger partial charge >= 0.3 is 0 Å². The second-order valence-corrected chi connectivity index (χ2v) is 23.1. The summed E-state index contributed by atoms with van der Waals surface area (Å²) in [7, 11) is 0. The van der Waals surface area contributed by atoms with Crippen LogP contribution < -0.4 is 44.4 Å². The summed E-state index contributed by atoms with van der Waals surface area (Å²) in [6.07, 6.45) is 28.6. The minimum Gasteiger partial charge on any atom is -0.492 e. The molecule has 4 aromatic rings. The van der Waals surface area contributed by atoms with E-state index in [1.54, 1.807) is 0 Å². The van der Waals surface area contributed by atoms with Crippen LogP contribution in [0.15, 0.2) is 54.6 Å². The van der Waals surface area contributed by atoms with E-state index in [1.165, 1.54) is 115 Å². The molecule has 80 heavy (non-hydrogen) atoms. The van der Waals surface area contributed by atoms with Crippen molar-refractivity contribution in [3.8, 4) is 34.5 Å².